The molecule has 0 saturated heterocycles. The molecule has 0 saturated carbocycles. The van der Waals surface area contributed by atoms with E-state index in [2.05, 4.69) is 16.0 Å². The summed E-state index contributed by atoms with van der Waals surface area (Å²) in [5, 5.41) is 1.07. The Morgan fingerprint density at radius 2 is 1.75 bits per heavy atom. The van der Waals surface area contributed by atoms with Crippen molar-refractivity contribution in [3.63, 3.8) is 0 Å². The second kappa shape index (κ2) is 6.82. The molecule has 4 nitrogen and oxygen atoms in total. The first-order valence-electron chi connectivity index (χ1n) is 9.19. The van der Waals surface area contributed by atoms with Gasteiger partial charge in [-0.25, -0.2) is 9.97 Å². The number of hydrogen-bond acceptors (Lipinski definition) is 4. The zero-order chi connectivity index (χ0) is 18.9. The van der Waals surface area contributed by atoms with Crippen LogP contribution < -0.4 is 4.74 Å². The molecule has 2 heterocycles. The Bertz CT molecular complexity index is 1240. The molecule has 0 aliphatic heterocycles. The lowest BCUT2D eigenvalue weighted by atomic mass is 10.1. The van der Waals surface area contributed by atoms with E-state index in [9.17, 15) is 0 Å². The van der Waals surface area contributed by atoms with Crippen LogP contribution in [0.1, 0.15) is 11.1 Å². The summed E-state index contributed by atoms with van der Waals surface area (Å²) in [5.41, 5.74) is 5.59. The highest BCUT2D eigenvalue weighted by atomic mass is 16.5. The number of rotatable bonds is 4. The average Bonchev–Trinajstić information content (AvgIpc) is 3.16. The number of ether oxygens (including phenoxy) is 1. The second-order valence-corrected chi connectivity index (χ2v) is 6.81. The second-order valence-electron chi connectivity index (χ2n) is 6.81. The third kappa shape index (κ3) is 3.09. The molecule has 0 N–H and O–H groups in total. The van der Waals surface area contributed by atoms with Gasteiger partial charge in [-0.1, -0.05) is 48.5 Å². The summed E-state index contributed by atoms with van der Waals surface area (Å²) in [5.74, 6) is 1.31. The van der Waals surface area contributed by atoms with Crippen molar-refractivity contribution in [2.24, 2.45) is 0 Å². The summed E-state index contributed by atoms with van der Waals surface area (Å²) in [6, 6.07) is 24.2. The van der Waals surface area contributed by atoms with E-state index in [4.69, 9.17) is 9.15 Å². The van der Waals surface area contributed by atoms with Crippen molar-refractivity contribution in [2.75, 3.05) is 0 Å². The molecule has 4 heteroatoms. The molecule has 0 fully saturated rings. The first-order valence-corrected chi connectivity index (χ1v) is 9.19. The standard InChI is InChI=1S/C24H18N2O2/c1-16-11-19(22-13-18-9-5-6-10-21(18)28-22)24-20(12-16)26-23(14-25-24)27-15-17-7-3-2-4-8-17/h2-14H,15H2,1H3. The van der Waals surface area contributed by atoms with Crippen LogP contribution in [0.15, 0.2) is 83.4 Å². The van der Waals surface area contributed by atoms with E-state index in [1.54, 1.807) is 6.20 Å². The highest BCUT2D eigenvalue weighted by Gasteiger charge is 2.13. The summed E-state index contributed by atoms with van der Waals surface area (Å²) < 4.78 is 11.9. The van der Waals surface area contributed by atoms with E-state index >= 15 is 0 Å². The van der Waals surface area contributed by atoms with Gasteiger partial charge in [0.15, 0.2) is 0 Å². The van der Waals surface area contributed by atoms with Crippen LogP contribution in [0, 0.1) is 6.92 Å². The van der Waals surface area contributed by atoms with Crippen molar-refractivity contribution in [1.82, 2.24) is 9.97 Å². The predicted octanol–water partition coefficient (Wildman–Crippen LogP) is 5.93. The van der Waals surface area contributed by atoms with Crippen molar-refractivity contribution in [3.05, 3.63) is 90.1 Å². The van der Waals surface area contributed by atoms with Crippen LogP contribution in [0.25, 0.3) is 33.3 Å². The number of hydrogen-bond donors (Lipinski definition) is 0. The van der Waals surface area contributed by atoms with Crippen LogP contribution in [-0.2, 0) is 6.61 Å². The summed E-state index contributed by atoms with van der Waals surface area (Å²) in [7, 11) is 0. The van der Waals surface area contributed by atoms with Crippen LogP contribution >= 0.6 is 0 Å². The largest absolute Gasteiger partial charge is 0.472 e. The molecule has 2 aromatic heterocycles. The fraction of sp³-hybridized carbons (Fsp3) is 0.0833. The Hall–Kier alpha value is -3.66. The number of aryl methyl sites for hydroxylation is 1. The lowest BCUT2D eigenvalue weighted by Crippen LogP contribution is -1.99. The van der Waals surface area contributed by atoms with Crippen molar-refractivity contribution < 1.29 is 9.15 Å². The number of furan rings is 1. The lowest BCUT2D eigenvalue weighted by Gasteiger charge is -2.08. The van der Waals surface area contributed by atoms with E-state index < -0.39 is 0 Å². The summed E-state index contributed by atoms with van der Waals surface area (Å²) in [6.07, 6.45) is 1.67. The average molecular weight is 366 g/mol. The molecule has 0 bridgehead atoms. The monoisotopic (exact) mass is 366 g/mol. The van der Waals surface area contributed by atoms with Gasteiger partial charge in [0.2, 0.25) is 5.88 Å². The van der Waals surface area contributed by atoms with Crippen molar-refractivity contribution in [1.29, 1.82) is 0 Å². The Labute approximate surface area is 162 Å². The maximum Gasteiger partial charge on any atom is 0.233 e. The fourth-order valence-corrected chi connectivity index (χ4v) is 3.35. The number of fused-ring (bicyclic) bond motifs is 2. The van der Waals surface area contributed by atoms with Crippen LogP contribution in [0.5, 0.6) is 5.88 Å². The molecule has 0 radical (unpaired) electrons. The van der Waals surface area contributed by atoms with Crippen LogP contribution in [0.2, 0.25) is 0 Å². The molecule has 136 valence electrons. The van der Waals surface area contributed by atoms with E-state index in [0.717, 1.165) is 44.5 Å². The molecule has 0 aliphatic carbocycles. The molecule has 3 aromatic carbocycles. The molecule has 5 rings (SSSR count). The number of aromatic nitrogens is 2. The first-order chi connectivity index (χ1) is 13.8. The van der Waals surface area contributed by atoms with E-state index in [0.29, 0.717) is 12.5 Å². The maximum absolute atomic E-state index is 6.05. The molecular formula is C24H18N2O2. The van der Waals surface area contributed by atoms with E-state index in [1.165, 1.54) is 0 Å². The van der Waals surface area contributed by atoms with Gasteiger partial charge in [-0.05, 0) is 42.3 Å². The van der Waals surface area contributed by atoms with Gasteiger partial charge in [0.1, 0.15) is 18.0 Å². The molecular weight excluding hydrogens is 348 g/mol. The smallest absolute Gasteiger partial charge is 0.233 e. The molecule has 0 amide bonds. The zero-order valence-corrected chi connectivity index (χ0v) is 15.4. The van der Waals surface area contributed by atoms with Crippen LogP contribution in [0.4, 0.5) is 0 Å². The summed E-state index contributed by atoms with van der Waals surface area (Å²) in [6.45, 7) is 2.51. The van der Waals surface area contributed by atoms with Crippen LogP contribution in [-0.4, -0.2) is 9.97 Å². The SMILES string of the molecule is Cc1cc(-c2cc3ccccc3o2)c2ncc(OCc3ccccc3)nc2c1. The number of nitrogens with zero attached hydrogens (tertiary/aromatic N) is 2. The minimum Gasteiger partial charge on any atom is -0.472 e. The van der Waals surface area contributed by atoms with E-state index in [-0.39, 0.29) is 0 Å². The van der Waals surface area contributed by atoms with Gasteiger partial charge in [-0.15, -0.1) is 0 Å². The minimum absolute atomic E-state index is 0.462. The van der Waals surface area contributed by atoms with Gasteiger partial charge in [0.25, 0.3) is 0 Å². The quantitative estimate of drug-likeness (QED) is 0.395. The van der Waals surface area contributed by atoms with Crippen molar-refractivity contribution in [3.8, 4) is 17.2 Å². The fourth-order valence-electron chi connectivity index (χ4n) is 3.35. The lowest BCUT2D eigenvalue weighted by molar-refractivity contribution is 0.294. The van der Waals surface area contributed by atoms with Gasteiger partial charge < -0.3 is 9.15 Å². The first kappa shape index (κ1) is 16.5. The topological polar surface area (TPSA) is 48.2 Å². The minimum atomic E-state index is 0.462. The Kier molecular flexibility index (Phi) is 4.02. The van der Waals surface area contributed by atoms with Gasteiger partial charge >= 0.3 is 0 Å². The maximum atomic E-state index is 6.05. The highest BCUT2D eigenvalue weighted by molar-refractivity contribution is 5.94. The van der Waals surface area contributed by atoms with Crippen LogP contribution in [0.3, 0.4) is 0 Å². The molecule has 0 aliphatic rings. The third-order valence-corrected chi connectivity index (χ3v) is 4.69. The zero-order valence-electron chi connectivity index (χ0n) is 15.4. The van der Waals surface area contributed by atoms with Crippen molar-refractivity contribution >= 4 is 22.0 Å². The molecule has 5 aromatic rings. The highest BCUT2D eigenvalue weighted by Crippen LogP contribution is 2.33. The Morgan fingerprint density at radius 1 is 0.929 bits per heavy atom. The third-order valence-electron chi connectivity index (χ3n) is 4.69. The molecule has 0 spiro atoms. The Morgan fingerprint density at radius 3 is 2.61 bits per heavy atom. The predicted molar refractivity (Wildman–Crippen MR) is 110 cm³/mol. The molecule has 0 unspecified atom stereocenters. The number of benzene rings is 3. The van der Waals surface area contributed by atoms with Gasteiger partial charge in [0.05, 0.1) is 17.2 Å². The summed E-state index contributed by atoms with van der Waals surface area (Å²) >= 11 is 0. The Balaban J connectivity index is 1.53. The van der Waals surface area contributed by atoms with Gasteiger partial charge in [-0.3, -0.25) is 0 Å². The van der Waals surface area contributed by atoms with Gasteiger partial charge in [-0.2, -0.15) is 0 Å². The molecule has 0 atom stereocenters. The summed E-state index contributed by atoms with van der Waals surface area (Å²) in [4.78, 5) is 9.30. The number of para-hydroxylation sites is 1. The normalized spacial score (nSPS) is 11.2. The van der Waals surface area contributed by atoms with Gasteiger partial charge in [0, 0.05) is 10.9 Å². The van der Waals surface area contributed by atoms with E-state index in [1.807, 2.05) is 73.7 Å². The molecule has 28 heavy (non-hydrogen) atoms. The van der Waals surface area contributed by atoms with Crippen molar-refractivity contribution in [2.45, 2.75) is 13.5 Å².